The van der Waals surface area contributed by atoms with E-state index in [1.54, 1.807) is 0 Å². The molecule has 34 heavy (non-hydrogen) atoms. The molecule has 0 saturated carbocycles. The van der Waals surface area contributed by atoms with Crippen LogP contribution in [0.1, 0.15) is 0 Å². The molecule has 0 amide bonds. The molecule has 0 unspecified atom stereocenters. The molecule has 0 fully saturated rings. The van der Waals surface area contributed by atoms with Crippen molar-refractivity contribution in [2.45, 2.75) is 14.7 Å². The quantitative estimate of drug-likeness (QED) is 0.103. The average molecular weight is 590 g/mol. The molecule has 0 aromatic heterocycles. The summed E-state index contributed by atoms with van der Waals surface area (Å²) < 4.78 is 111. The summed E-state index contributed by atoms with van der Waals surface area (Å²) in [6.45, 7) is 0. The zero-order chi connectivity index (χ0) is 24.2. The van der Waals surface area contributed by atoms with Gasteiger partial charge in [0.05, 0.1) is 14.7 Å². The van der Waals surface area contributed by atoms with Crippen LogP contribution in [0.2, 0.25) is 0 Å². The van der Waals surface area contributed by atoms with Crippen LogP contribution < -0.4 is 88.7 Å². The van der Waals surface area contributed by atoms with E-state index in [1.807, 2.05) is 0 Å². The van der Waals surface area contributed by atoms with Gasteiger partial charge in [0.25, 0.3) is 0 Å². The fourth-order valence-electron chi connectivity index (χ4n) is 3.50. The van der Waals surface area contributed by atoms with E-state index < -0.39 is 50.8 Å². The number of hydrogen-bond donors (Lipinski definition) is 1. The molecule has 0 spiro atoms. The van der Waals surface area contributed by atoms with Gasteiger partial charge in [0.1, 0.15) is 37.4 Å². The van der Waals surface area contributed by atoms with E-state index >= 15 is 0 Å². The maximum atomic E-state index is 11.7. The maximum Gasteiger partial charge on any atom is 1.00 e. The zero-order valence-corrected chi connectivity index (χ0v) is 27.8. The Kier molecular flexibility index (Phi) is 11.9. The van der Waals surface area contributed by atoms with E-state index in [2.05, 4.69) is 11.8 Å². The Bertz CT molecular complexity index is 1700. The van der Waals surface area contributed by atoms with Crippen molar-refractivity contribution in [3.63, 3.8) is 0 Å². The van der Waals surface area contributed by atoms with Crippen LogP contribution in [0.15, 0.2) is 51.1 Å². The SMILES string of the molecule is O=S(=O)([O-])c1cc(O)c2ccc3c(S(=O)(=O)[O-])cc(S(=O)(=O)[O-])c4ccc1c2c34.[3H]P=S.[Na+].[Na+].[Na+]. The van der Waals surface area contributed by atoms with Gasteiger partial charge in [-0.1, -0.05) is 30.0 Å². The minimum atomic E-state index is -5.25. The third-order valence-electron chi connectivity index (χ3n) is 4.57. The monoisotopic (exact) mass is 590 g/mol. The number of rotatable bonds is 3. The largest absolute Gasteiger partial charge is 1.00 e. The van der Waals surface area contributed by atoms with Gasteiger partial charge in [0.2, 0.25) is 0 Å². The average Bonchev–Trinajstić information content (AvgIpc) is 2.64. The molecular formula is C16H8Na3O10PS4. The molecule has 10 nitrogen and oxygen atoms in total. The topological polar surface area (TPSA) is 192 Å². The van der Waals surface area contributed by atoms with E-state index in [-0.39, 0.29) is 129 Å². The van der Waals surface area contributed by atoms with Gasteiger partial charge >= 0.3 is 88.7 Å². The molecule has 18 heteroatoms. The van der Waals surface area contributed by atoms with Crippen molar-refractivity contribution >= 4 is 82.4 Å². The summed E-state index contributed by atoms with van der Waals surface area (Å²) in [6.07, 6.45) is 0. The second-order valence-electron chi connectivity index (χ2n) is 6.20. The molecule has 0 saturated heterocycles. The first-order valence-electron chi connectivity index (χ1n) is 8.19. The van der Waals surface area contributed by atoms with Gasteiger partial charge in [-0.3, -0.25) is 0 Å². The molecule has 0 radical (unpaired) electrons. The summed E-state index contributed by atoms with van der Waals surface area (Å²) in [6, 6.07) is 5.54. The minimum Gasteiger partial charge on any atom is -0.744 e. The van der Waals surface area contributed by atoms with Gasteiger partial charge in [-0.15, -0.1) is 0 Å². The Labute approximate surface area is 269 Å². The van der Waals surface area contributed by atoms with Crippen molar-refractivity contribution in [1.29, 1.82) is 1.28 Å². The van der Waals surface area contributed by atoms with Crippen LogP contribution in [0.5, 0.6) is 5.75 Å². The minimum absolute atomic E-state index is 0. The van der Waals surface area contributed by atoms with Crippen LogP contribution >= 0.6 is 7.96 Å². The molecule has 4 aromatic carbocycles. The summed E-state index contributed by atoms with van der Waals surface area (Å²) in [5, 5.41) is 8.89. The Hall–Kier alpha value is 0.970. The zero-order valence-electron chi connectivity index (χ0n) is 18.7. The number of benzene rings is 4. The molecule has 0 atom stereocenters. The first-order chi connectivity index (χ1) is 14.6. The third kappa shape index (κ3) is 6.33. The van der Waals surface area contributed by atoms with Gasteiger partial charge < -0.3 is 18.8 Å². The number of phenols is 1. The molecule has 0 aliphatic rings. The summed E-state index contributed by atoms with van der Waals surface area (Å²) in [4.78, 5) is -2.86. The van der Waals surface area contributed by atoms with Gasteiger partial charge in [-0.2, -0.15) is 0 Å². The standard InChI is InChI=1S/C16H10O10S3.3Na.HPS/c17-11-5-12(27(18,19)20)8-3-4-10-14(29(24,25)26)6-13(28(21,22)23)9-2-1-7(11)15(8)16(9)10;;;;1-2/h1-6,17H,(H,18,19,20)(H,21,22,23)(H,24,25,26);;;;1H/q;3*+1;/p-3/i;;;;1T. The van der Waals surface area contributed by atoms with Crippen LogP contribution in [0.4, 0.5) is 0 Å². The van der Waals surface area contributed by atoms with Crippen molar-refractivity contribution in [2.75, 3.05) is 0 Å². The molecular weight excluding hydrogens is 580 g/mol. The number of aromatic hydroxyl groups is 1. The van der Waals surface area contributed by atoms with Crippen molar-refractivity contribution < 1.29 is 133 Å². The predicted molar refractivity (Wildman–Crippen MR) is 111 cm³/mol. The Morgan fingerprint density at radius 2 is 0.941 bits per heavy atom. The van der Waals surface area contributed by atoms with Crippen LogP contribution in [0.3, 0.4) is 0 Å². The van der Waals surface area contributed by atoms with Crippen LogP contribution in [0, 0.1) is 0 Å². The maximum absolute atomic E-state index is 11.7. The first-order valence-corrected chi connectivity index (χ1v) is 13.4. The summed E-state index contributed by atoms with van der Waals surface area (Å²) in [5.41, 5.74) is 0. The predicted octanol–water partition coefficient (Wildman–Crippen LogP) is -7.39. The van der Waals surface area contributed by atoms with E-state index in [1.165, 1.54) is 6.07 Å². The summed E-state index contributed by atoms with van der Waals surface area (Å²) in [5.74, 6) is -0.650. The smallest absolute Gasteiger partial charge is 0.744 e. The summed E-state index contributed by atoms with van der Waals surface area (Å²) >= 11 is 4.03. The Morgan fingerprint density at radius 1 is 0.676 bits per heavy atom. The van der Waals surface area contributed by atoms with Crippen molar-refractivity contribution in [1.82, 2.24) is 0 Å². The van der Waals surface area contributed by atoms with Crippen LogP contribution in [-0.2, 0) is 42.2 Å². The van der Waals surface area contributed by atoms with Gasteiger partial charge in [-0.25, -0.2) is 25.3 Å². The molecule has 4 rings (SSSR count). The number of phenolic OH excluding ortho intramolecular Hbond substituents is 1. The Morgan fingerprint density at radius 3 is 1.26 bits per heavy atom. The fraction of sp³-hybridized carbons (Fsp3) is 0. The van der Waals surface area contributed by atoms with E-state index in [0.717, 1.165) is 18.2 Å². The molecule has 0 aliphatic heterocycles. The summed E-state index contributed by atoms with van der Waals surface area (Å²) in [7, 11) is -15.4. The molecule has 4 aromatic rings. The number of hydrogen-bond acceptors (Lipinski definition) is 11. The van der Waals surface area contributed by atoms with Gasteiger partial charge in [-0.05, 0) is 26.2 Å². The fourth-order valence-corrected chi connectivity index (χ4v) is 5.67. The van der Waals surface area contributed by atoms with Crippen LogP contribution in [-0.4, -0.2) is 45.3 Å². The normalized spacial score (nSPS) is 12.3. The molecule has 164 valence electrons. The third-order valence-corrected chi connectivity index (χ3v) is 7.20. The second-order valence-corrected chi connectivity index (χ2v) is 10.2. The van der Waals surface area contributed by atoms with E-state index in [0.29, 0.717) is 12.1 Å². The van der Waals surface area contributed by atoms with Crippen LogP contribution in [0.25, 0.3) is 32.3 Å². The van der Waals surface area contributed by atoms with Gasteiger partial charge in [0, 0.05) is 32.3 Å². The van der Waals surface area contributed by atoms with E-state index in [4.69, 9.17) is 1.28 Å². The van der Waals surface area contributed by atoms with Crippen molar-refractivity contribution in [3.05, 3.63) is 36.4 Å². The molecule has 0 heterocycles. The molecule has 0 bridgehead atoms. The van der Waals surface area contributed by atoms with E-state index in [9.17, 15) is 44.0 Å². The Balaban J connectivity index is 0.00000183. The molecule has 0 aliphatic carbocycles. The van der Waals surface area contributed by atoms with Gasteiger partial charge in [0.15, 0.2) is 0 Å². The second kappa shape index (κ2) is 12.2. The first kappa shape index (κ1) is 33.0. The van der Waals surface area contributed by atoms with Crippen molar-refractivity contribution in [2.24, 2.45) is 0 Å². The van der Waals surface area contributed by atoms with Crippen molar-refractivity contribution in [3.8, 4) is 5.75 Å². The molecule has 1 N–H and O–H groups in total.